The second kappa shape index (κ2) is 9.17. The largest absolute Gasteiger partial charge is 0.494 e. The van der Waals surface area contributed by atoms with Crippen molar-refractivity contribution in [3.05, 3.63) is 65.2 Å². The van der Waals surface area contributed by atoms with Gasteiger partial charge in [-0.3, -0.25) is 0 Å². The van der Waals surface area contributed by atoms with E-state index in [1.807, 2.05) is 19.1 Å². The van der Waals surface area contributed by atoms with Crippen molar-refractivity contribution in [3.8, 4) is 5.75 Å². The van der Waals surface area contributed by atoms with Gasteiger partial charge in [0.25, 0.3) is 0 Å². The van der Waals surface area contributed by atoms with Crippen LogP contribution in [0.5, 0.6) is 5.75 Å². The van der Waals surface area contributed by atoms with Crippen LogP contribution in [0.1, 0.15) is 94.9 Å². The minimum Gasteiger partial charge on any atom is -0.494 e. The molecule has 0 bridgehead atoms. The fraction of sp³-hybridized carbons (Fsp3) is 0.571. The van der Waals surface area contributed by atoms with Crippen molar-refractivity contribution in [3.63, 3.8) is 0 Å². The van der Waals surface area contributed by atoms with E-state index in [1.54, 1.807) is 5.06 Å². The van der Waals surface area contributed by atoms with Crippen molar-refractivity contribution < 1.29 is 14.7 Å². The summed E-state index contributed by atoms with van der Waals surface area (Å²) in [4.78, 5) is 0. The number of benzene rings is 2. The van der Waals surface area contributed by atoms with E-state index in [0.29, 0.717) is 18.4 Å². The zero-order valence-corrected chi connectivity index (χ0v) is 20.3. The van der Waals surface area contributed by atoms with Gasteiger partial charge in [0.15, 0.2) is 0 Å². The van der Waals surface area contributed by atoms with Crippen LogP contribution in [0.3, 0.4) is 0 Å². The molecule has 0 aliphatic carbocycles. The summed E-state index contributed by atoms with van der Waals surface area (Å²) in [6.45, 7) is 12.0. The predicted octanol–water partition coefficient (Wildman–Crippen LogP) is 6.85. The predicted molar refractivity (Wildman–Crippen MR) is 128 cm³/mol. The van der Waals surface area contributed by atoms with Crippen molar-refractivity contribution in [1.29, 1.82) is 0 Å². The van der Waals surface area contributed by atoms with Gasteiger partial charge in [-0.15, -0.1) is 0 Å². The molecule has 2 aliphatic heterocycles. The van der Waals surface area contributed by atoms with Crippen LogP contribution in [0.15, 0.2) is 48.5 Å². The van der Waals surface area contributed by atoms with Gasteiger partial charge < -0.3 is 14.7 Å². The molecular formula is C28H39NO3. The summed E-state index contributed by atoms with van der Waals surface area (Å²) in [5, 5.41) is 12.2. The molecule has 174 valence electrons. The molecule has 32 heavy (non-hydrogen) atoms. The lowest BCUT2D eigenvalue weighted by atomic mass is 9.72. The van der Waals surface area contributed by atoms with Crippen LogP contribution in [0.4, 0.5) is 0 Å². The normalized spacial score (nSPS) is 26.1. The first-order valence-electron chi connectivity index (χ1n) is 12.1. The maximum Gasteiger partial charge on any atom is 0.119 e. The smallest absolute Gasteiger partial charge is 0.119 e. The van der Waals surface area contributed by atoms with Gasteiger partial charge in [-0.25, -0.2) is 0 Å². The zero-order valence-electron chi connectivity index (χ0n) is 20.3. The first-order valence-corrected chi connectivity index (χ1v) is 12.1. The maximum atomic E-state index is 10.6. The molecule has 0 spiro atoms. The minimum atomic E-state index is -0.224. The number of nitrogens with zero attached hydrogens (tertiary/aromatic N) is 1. The van der Waals surface area contributed by atoms with Crippen molar-refractivity contribution in [2.45, 2.75) is 89.3 Å². The Labute approximate surface area is 193 Å². The van der Waals surface area contributed by atoms with Crippen LogP contribution >= 0.6 is 0 Å². The SMILES string of the molecule is CCOc1ccc(C2CCC(c3ccc(C4CC(C)(C)N(O)C(C)(C)C4)cc3)CO2)cc1. The fourth-order valence-corrected chi connectivity index (χ4v) is 5.77. The third-order valence-electron chi connectivity index (χ3n) is 7.36. The van der Waals surface area contributed by atoms with Crippen molar-refractivity contribution in [2.75, 3.05) is 13.2 Å². The highest BCUT2D eigenvalue weighted by Gasteiger charge is 2.45. The van der Waals surface area contributed by atoms with Gasteiger partial charge in [0.1, 0.15) is 5.75 Å². The maximum absolute atomic E-state index is 10.6. The van der Waals surface area contributed by atoms with Gasteiger partial charge in [0.2, 0.25) is 0 Å². The number of hydroxylamine groups is 2. The molecule has 2 atom stereocenters. The summed E-state index contributed by atoms with van der Waals surface area (Å²) in [5.41, 5.74) is 3.54. The van der Waals surface area contributed by atoms with Crippen molar-refractivity contribution >= 4 is 0 Å². The number of ether oxygens (including phenoxy) is 2. The summed E-state index contributed by atoms with van der Waals surface area (Å²) in [5.74, 6) is 1.83. The van der Waals surface area contributed by atoms with Crippen LogP contribution in [-0.2, 0) is 4.74 Å². The number of hydrogen-bond donors (Lipinski definition) is 1. The van der Waals surface area contributed by atoms with E-state index in [9.17, 15) is 5.21 Å². The molecule has 4 rings (SSSR count). The lowest BCUT2D eigenvalue weighted by Gasteiger charge is -2.51. The van der Waals surface area contributed by atoms with E-state index >= 15 is 0 Å². The molecule has 4 heteroatoms. The molecule has 1 N–H and O–H groups in total. The Balaban J connectivity index is 1.37. The van der Waals surface area contributed by atoms with Gasteiger partial charge >= 0.3 is 0 Å². The Hall–Kier alpha value is -1.88. The molecule has 0 saturated carbocycles. The van der Waals surface area contributed by atoms with Crippen LogP contribution in [0.2, 0.25) is 0 Å². The molecule has 0 amide bonds. The number of piperidine rings is 1. The van der Waals surface area contributed by atoms with Crippen LogP contribution in [-0.4, -0.2) is 34.6 Å². The van der Waals surface area contributed by atoms with E-state index < -0.39 is 0 Å². The van der Waals surface area contributed by atoms with E-state index in [1.165, 1.54) is 16.7 Å². The summed E-state index contributed by atoms with van der Waals surface area (Å²) in [7, 11) is 0. The number of rotatable bonds is 5. The van der Waals surface area contributed by atoms with Gasteiger partial charge in [0, 0.05) is 17.0 Å². The average molecular weight is 438 g/mol. The Morgan fingerprint density at radius 3 is 1.88 bits per heavy atom. The van der Waals surface area contributed by atoms with Gasteiger partial charge in [-0.2, -0.15) is 5.06 Å². The third-order valence-corrected chi connectivity index (χ3v) is 7.36. The first-order chi connectivity index (χ1) is 15.2. The Bertz CT molecular complexity index is 862. The summed E-state index contributed by atoms with van der Waals surface area (Å²) < 4.78 is 11.8. The Kier molecular flexibility index (Phi) is 6.67. The molecule has 2 aromatic rings. The lowest BCUT2D eigenvalue weighted by molar-refractivity contribution is -0.245. The van der Waals surface area contributed by atoms with Crippen LogP contribution < -0.4 is 4.74 Å². The Morgan fingerprint density at radius 2 is 1.38 bits per heavy atom. The molecule has 0 radical (unpaired) electrons. The highest BCUT2D eigenvalue weighted by atomic mass is 16.5. The minimum absolute atomic E-state index is 0.175. The highest BCUT2D eigenvalue weighted by molar-refractivity contribution is 5.31. The van der Waals surface area contributed by atoms with Gasteiger partial charge in [-0.05, 0) is 95.0 Å². The molecule has 2 fully saturated rings. The lowest BCUT2D eigenvalue weighted by Crippen LogP contribution is -2.58. The average Bonchev–Trinajstić information content (AvgIpc) is 2.78. The zero-order chi connectivity index (χ0) is 22.9. The van der Waals surface area contributed by atoms with E-state index in [-0.39, 0.29) is 17.2 Å². The summed E-state index contributed by atoms with van der Waals surface area (Å²) in [6, 6.07) is 17.5. The van der Waals surface area contributed by atoms with Crippen molar-refractivity contribution in [1.82, 2.24) is 5.06 Å². The molecule has 4 nitrogen and oxygen atoms in total. The molecule has 2 aliphatic rings. The topological polar surface area (TPSA) is 41.9 Å². The third kappa shape index (κ3) is 4.88. The van der Waals surface area contributed by atoms with Crippen LogP contribution in [0.25, 0.3) is 0 Å². The molecule has 2 unspecified atom stereocenters. The molecule has 0 aromatic heterocycles. The van der Waals surface area contributed by atoms with Gasteiger partial charge in [-0.1, -0.05) is 36.4 Å². The molecule has 2 heterocycles. The van der Waals surface area contributed by atoms with E-state index in [4.69, 9.17) is 9.47 Å². The fourth-order valence-electron chi connectivity index (χ4n) is 5.77. The molecule has 2 aromatic carbocycles. The van der Waals surface area contributed by atoms with Gasteiger partial charge in [0.05, 0.1) is 19.3 Å². The highest BCUT2D eigenvalue weighted by Crippen LogP contribution is 2.45. The Morgan fingerprint density at radius 1 is 0.844 bits per heavy atom. The molecular weight excluding hydrogens is 398 g/mol. The van der Waals surface area contributed by atoms with E-state index in [2.05, 4.69) is 64.1 Å². The first kappa shape index (κ1) is 23.3. The standard InChI is InChI=1S/C28H39NO3/c1-6-31-25-14-11-22(12-15-25)26-16-13-23(19-32-26)20-7-9-21(10-8-20)24-17-27(2,3)29(30)28(4,5)18-24/h7-12,14-15,23-24,26,30H,6,13,16-19H2,1-5H3. The second-order valence-electron chi connectivity index (χ2n) is 10.8. The summed E-state index contributed by atoms with van der Waals surface area (Å²) >= 11 is 0. The molecule has 2 saturated heterocycles. The number of hydrogen-bond acceptors (Lipinski definition) is 4. The monoisotopic (exact) mass is 437 g/mol. The summed E-state index contributed by atoms with van der Waals surface area (Å²) in [6.07, 6.45) is 4.28. The quantitative estimate of drug-likeness (QED) is 0.556. The van der Waals surface area contributed by atoms with Crippen molar-refractivity contribution in [2.24, 2.45) is 0 Å². The van der Waals surface area contributed by atoms with E-state index in [0.717, 1.165) is 38.0 Å². The second-order valence-corrected chi connectivity index (χ2v) is 10.8. The van der Waals surface area contributed by atoms with Crippen LogP contribution in [0, 0.1) is 0 Å².